The smallest absolute Gasteiger partial charge is 0.387 e. The second-order valence-electron chi connectivity index (χ2n) is 4.87. The number of carbonyl (C=O) groups is 1. The maximum absolute atomic E-state index is 12.4. The molecule has 0 unspecified atom stereocenters. The molecule has 0 saturated carbocycles. The second kappa shape index (κ2) is 7.02. The number of amides is 1. The van der Waals surface area contributed by atoms with Gasteiger partial charge < -0.3 is 10.1 Å². The summed E-state index contributed by atoms with van der Waals surface area (Å²) in [5, 5.41) is 6.66. The van der Waals surface area contributed by atoms with E-state index in [1.54, 1.807) is 29.9 Å². The number of benzene rings is 1. The quantitative estimate of drug-likeness (QED) is 0.892. The highest BCUT2D eigenvalue weighted by atomic mass is 19.3. The van der Waals surface area contributed by atoms with E-state index in [0.717, 1.165) is 11.3 Å². The summed E-state index contributed by atoms with van der Waals surface area (Å²) in [6, 6.07) is 6.56. The number of alkyl halides is 2. The van der Waals surface area contributed by atoms with Gasteiger partial charge in [0.25, 0.3) is 0 Å². The molecule has 2 rings (SSSR count). The number of rotatable bonds is 6. The van der Waals surface area contributed by atoms with Gasteiger partial charge >= 0.3 is 6.61 Å². The van der Waals surface area contributed by atoms with Crippen LogP contribution in [0.25, 0.3) is 0 Å². The number of aromatic nitrogens is 2. The first-order chi connectivity index (χ1) is 10.5. The first kappa shape index (κ1) is 15.9. The normalized spacial score (nSPS) is 10.8. The van der Waals surface area contributed by atoms with Crippen molar-refractivity contribution in [3.63, 3.8) is 0 Å². The summed E-state index contributed by atoms with van der Waals surface area (Å²) in [5.41, 5.74) is 1.94. The Bertz CT molecular complexity index is 656. The van der Waals surface area contributed by atoms with Crippen LogP contribution in [-0.2, 0) is 11.3 Å². The maximum Gasteiger partial charge on any atom is 0.387 e. The van der Waals surface area contributed by atoms with E-state index in [4.69, 9.17) is 0 Å². The molecule has 0 aliphatic heterocycles. The summed E-state index contributed by atoms with van der Waals surface area (Å²) >= 11 is 0. The summed E-state index contributed by atoms with van der Waals surface area (Å²) < 4.78 is 30.9. The molecule has 0 aliphatic carbocycles. The topological polar surface area (TPSA) is 56.2 Å². The van der Waals surface area contributed by atoms with Gasteiger partial charge in [0.15, 0.2) is 0 Å². The van der Waals surface area contributed by atoms with Crippen LogP contribution in [0.3, 0.4) is 0 Å². The molecule has 1 aromatic heterocycles. The molecular formula is C15H17F2N3O2. The van der Waals surface area contributed by atoms with Crippen molar-refractivity contribution in [2.45, 2.75) is 33.4 Å². The number of hydrogen-bond acceptors (Lipinski definition) is 3. The molecule has 0 atom stereocenters. The van der Waals surface area contributed by atoms with E-state index in [-0.39, 0.29) is 23.8 Å². The van der Waals surface area contributed by atoms with Crippen molar-refractivity contribution in [1.29, 1.82) is 0 Å². The van der Waals surface area contributed by atoms with E-state index >= 15 is 0 Å². The highest BCUT2D eigenvalue weighted by molar-refractivity contribution is 5.92. The zero-order chi connectivity index (χ0) is 16.1. The van der Waals surface area contributed by atoms with Crippen molar-refractivity contribution < 1.29 is 18.3 Å². The highest BCUT2D eigenvalue weighted by Crippen LogP contribution is 2.27. The lowest BCUT2D eigenvalue weighted by molar-refractivity contribution is -0.116. The first-order valence-corrected chi connectivity index (χ1v) is 6.79. The Morgan fingerprint density at radius 3 is 2.77 bits per heavy atom. The van der Waals surface area contributed by atoms with E-state index in [1.807, 2.05) is 13.0 Å². The number of anilines is 1. The Hall–Kier alpha value is -2.44. The molecule has 7 heteroatoms. The molecule has 22 heavy (non-hydrogen) atoms. The number of nitrogens with zero attached hydrogens (tertiary/aromatic N) is 2. The summed E-state index contributed by atoms with van der Waals surface area (Å²) in [5.74, 6) is -0.337. The molecule has 0 saturated heterocycles. The molecular weight excluding hydrogens is 292 g/mol. The fraction of sp³-hybridized carbons (Fsp3) is 0.333. The summed E-state index contributed by atoms with van der Waals surface area (Å²) in [6.07, 6.45) is 1.84. The van der Waals surface area contributed by atoms with E-state index in [9.17, 15) is 13.6 Å². The van der Waals surface area contributed by atoms with Gasteiger partial charge in [-0.1, -0.05) is 6.07 Å². The molecule has 1 aromatic carbocycles. The lowest BCUT2D eigenvalue weighted by Gasteiger charge is -2.13. The van der Waals surface area contributed by atoms with Crippen LogP contribution in [0.15, 0.2) is 30.5 Å². The lowest BCUT2D eigenvalue weighted by Crippen LogP contribution is -2.16. The van der Waals surface area contributed by atoms with Crippen molar-refractivity contribution in [1.82, 2.24) is 9.78 Å². The molecule has 2 aromatic rings. The van der Waals surface area contributed by atoms with Gasteiger partial charge in [0.1, 0.15) is 5.75 Å². The van der Waals surface area contributed by atoms with Gasteiger partial charge in [-0.2, -0.15) is 13.9 Å². The lowest BCUT2D eigenvalue weighted by atomic mass is 10.2. The zero-order valence-electron chi connectivity index (χ0n) is 12.3. The molecule has 1 N–H and O–H groups in total. The van der Waals surface area contributed by atoms with Crippen molar-refractivity contribution in [3.8, 4) is 5.75 Å². The van der Waals surface area contributed by atoms with Crippen LogP contribution in [-0.4, -0.2) is 22.3 Å². The third-order valence-electron chi connectivity index (χ3n) is 3.11. The van der Waals surface area contributed by atoms with Crippen LogP contribution in [0.5, 0.6) is 5.75 Å². The summed E-state index contributed by atoms with van der Waals surface area (Å²) in [4.78, 5) is 11.9. The van der Waals surface area contributed by atoms with Crippen molar-refractivity contribution >= 4 is 11.6 Å². The van der Waals surface area contributed by atoms with Crippen LogP contribution < -0.4 is 10.1 Å². The Labute approximate surface area is 126 Å². The van der Waals surface area contributed by atoms with Crippen molar-refractivity contribution in [2.75, 3.05) is 5.32 Å². The minimum absolute atomic E-state index is 0.0429. The molecule has 0 bridgehead atoms. The Balaban J connectivity index is 2.00. The number of halogens is 2. The number of carbonyl (C=O) groups excluding carboxylic acids is 1. The van der Waals surface area contributed by atoms with Crippen LogP contribution >= 0.6 is 0 Å². The summed E-state index contributed by atoms with van der Waals surface area (Å²) in [7, 11) is 0. The molecule has 118 valence electrons. The van der Waals surface area contributed by atoms with E-state index in [1.165, 1.54) is 6.07 Å². The molecule has 5 nitrogen and oxygen atoms in total. The van der Waals surface area contributed by atoms with Crippen LogP contribution in [0.2, 0.25) is 0 Å². The predicted octanol–water partition coefficient (Wildman–Crippen LogP) is 3.13. The van der Waals surface area contributed by atoms with Crippen molar-refractivity contribution in [2.24, 2.45) is 0 Å². The first-order valence-electron chi connectivity index (χ1n) is 6.79. The fourth-order valence-electron chi connectivity index (χ4n) is 1.98. The van der Waals surface area contributed by atoms with E-state index in [2.05, 4.69) is 15.2 Å². The fourth-order valence-corrected chi connectivity index (χ4v) is 1.98. The number of nitrogens with one attached hydrogen (secondary N) is 1. The molecule has 0 spiro atoms. The van der Waals surface area contributed by atoms with Crippen LogP contribution in [0.4, 0.5) is 14.5 Å². The van der Waals surface area contributed by atoms with Gasteiger partial charge in [-0.05, 0) is 37.6 Å². The number of ether oxygens (including phenoxy) is 1. The number of hydrogen-bond donors (Lipinski definition) is 1. The van der Waals surface area contributed by atoms with Gasteiger partial charge in [-0.3, -0.25) is 9.48 Å². The minimum atomic E-state index is -2.94. The molecule has 1 amide bonds. The average Bonchev–Trinajstić information content (AvgIpc) is 2.84. The van der Waals surface area contributed by atoms with Crippen molar-refractivity contribution in [3.05, 3.63) is 41.7 Å². The maximum atomic E-state index is 12.4. The van der Waals surface area contributed by atoms with Crippen LogP contribution in [0.1, 0.15) is 17.7 Å². The standard InChI is InChI=1S/C15H17F2N3O2/c1-10-3-4-12(13(9-10)22-15(16)17)19-14(21)6-8-20-11(2)5-7-18-20/h3-5,7,9,15H,6,8H2,1-2H3,(H,19,21). The zero-order valence-corrected chi connectivity index (χ0v) is 12.3. The average molecular weight is 309 g/mol. The molecule has 1 heterocycles. The second-order valence-corrected chi connectivity index (χ2v) is 4.87. The minimum Gasteiger partial charge on any atom is -0.433 e. The molecule has 0 fully saturated rings. The van der Waals surface area contributed by atoms with E-state index < -0.39 is 6.61 Å². The van der Waals surface area contributed by atoms with Gasteiger partial charge in [-0.25, -0.2) is 0 Å². The molecule has 0 radical (unpaired) electrons. The third-order valence-corrected chi connectivity index (χ3v) is 3.11. The largest absolute Gasteiger partial charge is 0.433 e. The SMILES string of the molecule is Cc1ccc(NC(=O)CCn2nccc2C)c(OC(F)F)c1. The van der Waals surface area contributed by atoms with Gasteiger partial charge in [0.2, 0.25) is 5.91 Å². The van der Waals surface area contributed by atoms with Crippen LogP contribution in [0, 0.1) is 13.8 Å². The van der Waals surface area contributed by atoms with Gasteiger partial charge in [0.05, 0.1) is 5.69 Å². The number of aryl methyl sites for hydroxylation is 3. The monoisotopic (exact) mass is 309 g/mol. The Morgan fingerprint density at radius 2 is 2.14 bits per heavy atom. The van der Waals surface area contributed by atoms with Gasteiger partial charge in [0, 0.05) is 24.9 Å². The third kappa shape index (κ3) is 4.28. The highest BCUT2D eigenvalue weighted by Gasteiger charge is 2.12. The Kier molecular flexibility index (Phi) is 5.08. The summed E-state index contributed by atoms with van der Waals surface area (Å²) in [6.45, 7) is 1.12. The predicted molar refractivity (Wildman–Crippen MR) is 78.0 cm³/mol. The van der Waals surface area contributed by atoms with E-state index in [0.29, 0.717) is 6.54 Å². The molecule has 0 aliphatic rings. The van der Waals surface area contributed by atoms with Gasteiger partial charge in [-0.15, -0.1) is 0 Å². The Morgan fingerprint density at radius 1 is 1.36 bits per heavy atom.